The third kappa shape index (κ3) is 7.46. The Morgan fingerprint density at radius 1 is 1.05 bits per heavy atom. The Labute approximate surface area is 133 Å². The Bertz CT molecular complexity index is 514. The molecule has 10 heteroatoms. The molecule has 0 amide bonds. The lowest BCUT2D eigenvalue weighted by Crippen LogP contribution is -2.07. The summed E-state index contributed by atoms with van der Waals surface area (Å²) in [7, 11) is 0. The van der Waals surface area contributed by atoms with E-state index in [9.17, 15) is 31.1 Å². The standard InChI is InChI=1S/C11H7BrF6OS2/c12-5-7(19)3-6-4-8(20-10(13,14)15)1-2-9(6)21-11(16,17)18/h1-2,4H,3,5H2. The maximum atomic E-state index is 12.4. The predicted octanol–water partition coefficient (Wildman–Crippen LogP) is 5.42. The summed E-state index contributed by atoms with van der Waals surface area (Å²) in [5, 5.41) is -0.0836. The number of halogens is 7. The van der Waals surface area contributed by atoms with E-state index >= 15 is 0 Å². The molecular formula is C11H7BrF6OS2. The first-order valence-corrected chi connectivity index (χ1v) is 7.97. The minimum Gasteiger partial charge on any atom is -0.298 e. The van der Waals surface area contributed by atoms with Crippen molar-refractivity contribution in [1.82, 2.24) is 0 Å². The van der Waals surface area contributed by atoms with E-state index in [-0.39, 0.29) is 27.1 Å². The number of carbonyl (C=O) groups excluding carboxylic acids is 1. The van der Waals surface area contributed by atoms with E-state index in [2.05, 4.69) is 15.9 Å². The van der Waals surface area contributed by atoms with Gasteiger partial charge in [0.25, 0.3) is 0 Å². The molecule has 0 heterocycles. The van der Waals surface area contributed by atoms with Crippen molar-refractivity contribution in [3.63, 3.8) is 0 Å². The average Bonchev–Trinajstić information content (AvgIpc) is 2.28. The van der Waals surface area contributed by atoms with Crippen LogP contribution in [0.15, 0.2) is 28.0 Å². The molecule has 0 spiro atoms. The van der Waals surface area contributed by atoms with E-state index in [0.717, 1.165) is 18.2 Å². The van der Waals surface area contributed by atoms with Gasteiger partial charge in [0.15, 0.2) is 0 Å². The molecule has 1 aromatic rings. The van der Waals surface area contributed by atoms with Gasteiger partial charge in [-0.15, -0.1) is 0 Å². The fourth-order valence-electron chi connectivity index (χ4n) is 1.37. The Kier molecular flexibility index (Phi) is 6.48. The van der Waals surface area contributed by atoms with Crippen LogP contribution in [0.4, 0.5) is 26.3 Å². The van der Waals surface area contributed by atoms with Crippen LogP contribution in [0, 0.1) is 0 Å². The Hall–Kier alpha value is -0.350. The molecule has 0 unspecified atom stereocenters. The molecule has 0 aliphatic heterocycles. The number of hydrogen-bond donors (Lipinski definition) is 0. The predicted molar refractivity (Wildman–Crippen MR) is 72.8 cm³/mol. The number of alkyl halides is 7. The van der Waals surface area contributed by atoms with Gasteiger partial charge >= 0.3 is 11.0 Å². The van der Waals surface area contributed by atoms with Gasteiger partial charge in [0.2, 0.25) is 0 Å². The number of benzene rings is 1. The zero-order chi connectivity index (χ0) is 16.3. The molecule has 0 atom stereocenters. The van der Waals surface area contributed by atoms with Crippen molar-refractivity contribution in [3.05, 3.63) is 23.8 Å². The Balaban J connectivity index is 3.10. The van der Waals surface area contributed by atoms with E-state index in [4.69, 9.17) is 0 Å². The highest BCUT2D eigenvalue weighted by Gasteiger charge is 2.32. The molecular weight excluding hydrogens is 406 g/mol. The normalized spacial score (nSPS) is 12.5. The van der Waals surface area contributed by atoms with Gasteiger partial charge in [0, 0.05) is 16.2 Å². The first kappa shape index (κ1) is 18.7. The summed E-state index contributed by atoms with van der Waals surface area (Å²) < 4.78 is 74.0. The molecule has 1 nitrogen and oxygen atoms in total. The molecule has 0 N–H and O–H groups in total. The lowest BCUT2D eigenvalue weighted by Gasteiger charge is -2.13. The van der Waals surface area contributed by atoms with Crippen molar-refractivity contribution < 1.29 is 31.1 Å². The Morgan fingerprint density at radius 2 is 1.62 bits per heavy atom. The van der Waals surface area contributed by atoms with Gasteiger partial charge in [0.1, 0.15) is 5.78 Å². The molecule has 0 saturated heterocycles. The highest BCUT2D eigenvalue weighted by atomic mass is 79.9. The number of hydrogen-bond acceptors (Lipinski definition) is 3. The van der Waals surface area contributed by atoms with Gasteiger partial charge in [-0.2, -0.15) is 26.3 Å². The smallest absolute Gasteiger partial charge is 0.298 e. The maximum Gasteiger partial charge on any atom is 0.446 e. The molecule has 0 radical (unpaired) electrons. The van der Waals surface area contributed by atoms with Crippen molar-refractivity contribution in [3.8, 4) is 0 Å². The first-order chi connectivity index (χ1) is 9.50. The van der Waals surface area contributed by atoms with Crippen LogP contribution in [-0.2, 0) is 11.2 Å². The second kappa shape index (κ2) is 7.28. The van der Waals surface area contributed by atoms with Crippen LogP contribution in [0.1, 0.15) is 5.56 Å². The fraction of sp³-hybridized carbons (Fsp3) is 0.364. The van der Waals surface area contributed by atoms with E-state index in [1.165, 1.54) is 0 Å². The topological polar surface area (TPSA) is 17.1 Å². The molecule has 1 aromatic carbocycles. The summed E-state index contributed by atoms with van der Waals surface area (Å²) in [5.41, 5.74) is -9.20. The van der Waals surface area contributed by atoms with Crippen LogP contribution in [0.2, 0.25) is 0 Å². The van der Waals surface area contributed by atoms with E-state index < -0.39 is 40.3 Å². The van der Waals surface area contributed by atoms with Crippen LogP contribution in [0.3, 0.4) is 0 Å². The highest BCUT2D eigenvalue weighted by molar-refractivity contribution is 9.09. The fourth-order valence-corrected chi connectivity index (χ4v) is 2.83. The number of thioether (sulfide) groups is 2. The summed E-state index contributed by atoms with van der Waals surface area (Å²) in [4.78, 5) is 10.8. The van der Waals surface area contributed by atoms with Crippen molar-refractivity contribution >= 4 is 45.2 Å². The number of ketones is 1. The molecule has 1 rings (SSSR count). The quantitative estimate of drug-likeness (QED) is 0.365. The van der Waals surface area contributed by atoms with Crippen LogP contribution in [0.5, 0.6) is 0 Å². The molecule has 0 aromatic heterocycles. The van der Waals surface area contributed by atoms with Crippen molar-refractivity contribution in [2.75, 3.05) is 5.33 Å². The van der Waals surface area contributed by atoms with E-state index in [1.807, 2.05) is 0 Å². The average molecular weight is 413 g/mol. The summed E-state index contributed by atoms with van der Waals surface area (Å²) in [6, 6.07) is 2.87. The maximum absolute atomic E-state index is 12.4. The van der Waals surface area contributed by atoms with Gasteiger partial charge in [-0.25, -0.2) is 0 Å². The van der Waals surface area contributed by atoms with Crippen LogP contribution in [-0.4, -0.2) is 22.1 Å². The van der Waals surface area contributed by atoms with Gasteiger partial charge in [-0.1, -0.05) is 15.9 Å². The van der Waals surface area contributed by atoms with Gasteiger partial charge in [-0.05, 0) is 47.3 Å². The number of carbonyl (C=O) groups is 1. The number of rotatable bonds is 5. The summed E-state index contributed by atoms with van der Waals surface area (Å²) in [5.74, 6) is -0.423. The zero-order valence-corrected chi connectivity index (χ0v) is 13.2. The minimum atomic E-state index is -4.58. The lowest BCUT2D eigenvalue weighted by atomic mass is 10.1. The van der Waals surface area contributed by atoms with Crippen LogP contribution >= 0.6 is 39.5 Å². The molecule has 118 valence electrons. The minimum absolute atomic E-state index is 0.0731. The van der Waals surface area contributed by atoms with Crippen molar-refractivity contribution in [1.29, 1.82) is 0 Å². The lowest BCUT2D eigenvalue weighted by molar-refractivity contribution is -0.115. The third-order valence-corrected chi connectivity index (χ3v) is 4.22. The van der Waals surface area contributed by atoms with Crippen molar-refractivity contribution in [2.24, 2.45) is 0 Å². The van der Waals surface area contributed by atoms with Gasteiger partial charge in [0.05, 0.1) is 5.33 Å². The largest absolute Gasteiger partial charge is 0.446 e. The van der Waals surface area contributed by atoms with Crippen LogP contribution in [0.25, 0.3) is 0 Å². The van der Waals surface area contributed by atoms with Crippen LogP contribution < -0.4 is 0 Å². The molecule has 0 bridgehead atoms. The molecule has 0 aliphatic carbocycles. The molecule has 0 aliphatic rings. The molecule has 0 saturated carbocycles. The second-order valence-corrected chi connectivity index (χ2v) is 6.52. The second-order valence-electron chi connectivity index (χ2n) is 3.71. The molecule has 21 heavy (non-hydrogen) atoms. The summed E-state index contributed by atoms with van der Waals surface area (Å²) in [6.07, 6.45) is -0.365. The van der Waals surface area contributed by atoms with E-state index in [1.54, 1.807) is 0 Å². The number of Topliss-reactive ketones (excluding diaryl/α,β-unsaturated/α-hetero) is 1. The van der Waals surface area contributed by atoms with Gasteiger partial charge < -0.3 is 0 Å². The van der Waals surface area contributed by atoms with Crippen molar-refractivity contribution in [2.45, 2.75) is 27.2 Å². The highest BCUT2D eigenvalue weighted by Crippen LogP contribution is 2.42. The van der Waals surface area contributed by atoms with Gasteiger partial charge in [-0.3, -0.25) is 4.79 Å². The SMILES string of the molecule is O=C(CBr)Cc1cc(SC(F)(F)F)ccc1SC(F)(F)F. The Morgan fingerprint density at radius 3 is 2.10 bits per heavy atom. The monoisotopic (exact) mass is 412 g/mol. The summed E-state index contributed by atoms with van der Waals surface area (Å²) in [6.45, 7) is 0. The third-order valence-electron chi connectivity index (χ3n) is 2.03. The zero-order valence-electron chi connectivity index (χ0n) is 10.0. The molecule has 0 fully saturated rings. The van der Waals surface area contributed by atoms with E-state index in [0.29, 0.717) is 0 Å². The first-order valence-electron chi connectivity index (χ1n) is 5.22. The summed E-state index contributed by atoms with van der Waals surface area (Å²) >= 11 is 1.97.